The first-order valence-electron chi connectivity index (χ1n) is 9.93. The average Bonchev–Trinajstić information content (AvgIpc) is 2.80. The van der Waals surface area contributed by atoms with Gasteiger partial charge in [0.2, 0.25) is 5.91 Å². The largest absolute Gasteiger partial charge is 0.332 e. The summed E-state index contributed by atoms with van der Waals surface area (Å²) in [5, 5.41) is 5.56. The van der Waals surface area contributed by atoms with Crippen LogP contribution in [0, 0.1) is 0 Å². The normalized spacial score (nSPS) is 11.2. The summed E-state index contributed by atoms with van der Waals surface area (Å²) in [6, 6.07) is 24.6. The van der Waals surface area contributed by atoms with Crippen molar-refractivity contribution in [1.82, 2.24) is 5.32 Å². The van der Waals surface area contributed by atoms with Crippen molar-refractivity contribution in [1.29, 1.82) is 0 Å². The number of hydrogen-bond acceptors (Lipinski definition) is 4. The molecule has 8 heteroatoms. The first-order valence-corrected chi connectivity index (χ1v) is 11.8. The fourth-order valence-electron chi connectivity index (χ4n) is 2.98. The Morgan fingerprint density at radius 3 is 2.12 bits per heavy atom. The third-order valence-corrected chi connectivity index (χ3v) is 6.62. The van der Waals surface area contributed by atoms with Crippen LogP contribution < -0.4 is 14.9 Å². The number of thiocarbonyl (C=S) groups is 1. The van der Waals surface area contributed by atoms with Crippen molar-refractivity contribution >= 4 is 50.7 Å². The van der Waals surface area contributed by atoms with Gasteiger partial charge in [-0.2, -0.15) is 0 Å². The lowest BCUT2D eigenvalue weighted by molar-refractivity contribution is -0.115. The fraction of sp³-hybridized carbons (Fsp3) is 0.0833. The van der Waals surface area contributed by atoms with E-state index in [1.54, 1.807) is 49.4 Å². The van der Waals surface area contributed by atoms with Gasteiger partial charge in [-0.25, -0.2) is 8.42 Å². The molecule has 164 valence electrons. The Labute approximate surface area is 193 Å². The molecule has 6 nitrogen and oxygen atoms in total. The molecule has 0 unspecified atom stereocenters. The number of carbonyl (C=O) groups is 1. The van der Waals surface area contributed by atoms with Crippen molar-refractivity contribution in [3.05, 3.63) is 96.6 Å². The van der Waals surface area contributed by atoms with Gasteiger partial charge in [0.1, 0.15) is 0 Å². The molecule has 3 aromatic rings. The molecule has 0 radical (unpaired) electrons. The second-order valence-corrected chi connectivity index (χ2v) is 8.99. The van der Waals surface area contributed by atoms with Crippen molar-refractivity contribution in [2.75, 3.05) is 16.2 Å². The van der Waals surface area contributed by atoms with E-state index in [2.05, 4.69) is 10.6 Å². The van der Waals surface area contributed by atoms with Crippen molar-refractivity contribution in [2.24, 2.45) is 0 Å². The van der Waals surface area contributed by atoms with Crippen LogP contribution in [0.2, 0.25) is 0 Å². The summed E-state index contributed by atoms with van der Waals surface area (Å²) >= 11 is 5.17. The monoisotopic (exact) mass is 465 g/mol. The molecule has 1 amide bonds. The van der Waals surface area contributed by atoms with E-state index in [0.717, 1.165) is 5.56 Å². The predicted octanol–water partition coefficient (Wildman–Crippen LogP) is 4.43. The summed E-state index contributed by atoms with van der Waals surface area (Å²) in [6.45, 7) is 2.09. The lowest BCUT2D eigenvalue weighted by atomic mass is 10.2. The maximum atomic E-state index is 13.0. The van der Waals surface area contributed by atoms with Crippen LogP contribution in [-0.4, -0.2) is 26.0 Å². The molecular weight excluding hydrogens is 442 g/mol. The molecule has 3 aromatic carbocycles. The number of hydrogen-bond donors (Lipinski definition) is 2. The summed E-state index contributed by atoms with van der Waals surface area (Å²) in [5.74, 6) is -0.369. The number of rotatable bonds is 7. The molecule has 0 aliphatic carbocycles. The maximum Gasteiger partial charge on any atom is 0.264 e. The van der Waals surface area contributed by atoms with Gasteiger partial charge < -0.3 is 5.32 Å². The highest BCUT2D eigenvalue weighted by Gasteiger charge is 2.23. The number of amides is 1. The highest BCUT2D eigenvalue weighted by molar-refractivity contribution is 7.92. The van der Waals surface area contributed by atoms with Crippen molar-refractivity contribution < 1.29 is 13.2 Å². The Hall–Kier alpha value is -3.49. The van der Waals surface area contributed by atoms with E-state index in [-0.39, 0.29) is 15.9 Å². The van der Waals surface area contributed by atoms with Crippen LogP contribution in [0.5, 0.6) is 0 Å². The van der Waals surface area contributed by atoms with Gasteiger partial charge in [0.25, 0.3) is 10.0 Å². The Balaban J connectivity index is 1.63. The van der Waals surface area contributed by atoms with Crippen LogP contribution in [0.25, 0.3) is 6.08 Å². The lowest BCUT2D eigenvalue weighted by Crippen LogP contribution is -2.33. The SMILES string of the molecule is CCN(c1ccccc1)S(=O)(=O)c1ccc(NC(=S)NC(=O)C=Cc2ccccc2)cc1. The zero-order valence-corrected chi connectivity index (χ0v) is 19.1. The Morgan fingerprint density at radius 2 is 1.53 bits per heavy atom. The minimum atomic E-state index is -3.71. The summed E-state index contributed by atoms with van der Waals surface area (Å²) in [7, 11) is -3.71. The first-order chi connectivity index (χ1) is 15.4. The molecular formula is C24H23N3O3S2. The van der Waals surface area contributed by atoms with Gasteiger partial charge >= 0.3 is 0 Å². The van der Waals surface area contributed by atoms with Crippen LogP contribution in [-0.2, 0) is 14.8 Å². The molecule has 0 saturated carbocycles. The van der Waals surface area contributed by atoms with E-state index >= 15 is 0 Å². The molecule has 3 rings (SSSR count). The second kappa shape index (κ2) is 10.7. The summed E-state index contributed by atoms with van der Waals surface area (Å²) in [6.07, 6.45) is 3.08. The van der Waals surface area contributed by atoms with E-state index in [4.69, 9.17) is 12.2 Å². The lowest BCUT2D eigenvalue weighted by Gasteiger charge is -2.23. The fourth-order valence-corrected chi connectivity index (χ4v) is 4.67. The van der Waals surface area contributed by atoms with Crippen molar-refractivity contribution in [3.63, 3.8) is 0 Å². The van der Waals surface area contributed by atoms with Gasteiger partial charge in [-0.05, 0) is 67.2 Å². The Kier molecular flexibility index (Phi) is 7.75. The molecule has 2 N–H and O–H groups in total. The number of anilines is 2. The second-order valence-electron chi connectivity index (χ2n) is 6.72. The molecule has 0 saturated heterocycles. The van der Waals surface area contributed by atoms with Gasteiger partial charge in [-0.1, -0.05) is 48.5 Å². The zero-order valence-electron chi connectivity index (χ0n) is 17.4. The van der Waals surface area contributed by atoms with E-state index in [0.29, 0.717) is 17.9 Å². The third-order valence-electron chi connectivity index (χ3n) is 4.50. The summed E-state index contributed by atoms with van der Waals surface area (Å²) < 4.78 is 27.4. The first kappa shape index (κ1) is 23.2. The number of nitrogens with one attached hydrogen (secondary N) is 2. The van der Waals surface area contributed by atoms with Crippen LogP contribution in [0.15, 0.2) is 95.9 Å². The molecule has 0 fully saturated rings. The highest BCUT2D eigenvalue weighted by atomic mass is 32.2. The Bertz CT molecular complexity index is 1190. The van der Waals surface area contributed by atoms with Gasteiger partial charge in [0, 0.05) is 18.3 Å². The maximum absolute atomic E-state index is 13.0. The minimum Gasteiger partial charge on any atom is -0.332 e. The molecule has 0 aliphatic rings. The summed E-state index contributed by atoms with van der Waals surface area (Å²) in [5.41, 5.74) is 2.06. The molecule has 0 bridgehead atoms. The number of para-hydroxylation sites is 1. The van der Waals surface area contributed by atoms with Crippen LogP contribution in [0.1, 0.15) is 12.5 Å². The molecule has 32 heavy (non-hydrogen) atoms. The molecule has 0 heterocycles. The Morgan fingerprint density at radius 1 is 0.938 bits per heavy atom. The van der Waals surface area contributed by atoms with E-state index in [1.165, 1.54) is 22.5 Å². The predicted molar refractivity (Wildman–Crippen MR) is 133 cm³/mol. The number of sulfonamides is 1. The van der Waals surface area contributed by atoms with Crippen molar-refractivity contribution in [2.45, 2.75) is 11.8 Å². The van der Waals surface area contributed by atoms with Gasteiger partial charge in [0.05, 0.1) is 10.6 Å². The third kappa shape index (κ3) is 6.03. The van der Waals surface area contributed by atoms with Crippen LogP contribution in [0.4, 0.5) is 11.4 Å². The van der Waals surface area contributed by atoms with Gasteiger partial charge in [-0.15, -0.1) is 0 Å². The topological polar surface area (TPSA) is 78.5 Å². The molecule has 0 atom stereocenters. The van der Waals surface area contributed by atoms with E-state index in [1.807, 2.05) is 36.4 Å². The van der Waals surface area contributed by atoms with Crippen LogP contribution in [0.3, 0.4) is 0 Å². The highest BCUT2D eigenvalue weighted by Crippen LogP contribution is 2.24. The number of carbonyl (C=O) groups excluding carboxylic acids is 1. The van der Waals surface area contributed by atoms with E-state index < -0.39 is 10.0 Å². The van der Waals surface area contributed by atoms with Crippen molar-refractivity contribution in [3.8, 4) is 0 Å². The zero-order chi connectivity index (χ0) is 23.0. The molecule has 0 aliphatic heterocycles. The van der Waals surface area contributed by atoms with Gasteiger partial charge in [0.15, 0.2) is 5.11 Å². The van der Waals surface area contributed by atoms with Crippen LogP contribution >= 0.6 is 12.2 Å². The molecule has 0 spiro atoms. The standard InChI is InChI=1S/C24H23N3O3S2/c1-2-27(21-11-7-4-8-12-21)32(29,30)22-16-14-20(15-17-22)25-24(31)26-23(28)18-13-19-9-5-3-6-10-19/h3-18H,2H2,1H3,(H2,25,26,28,31). The van der Waals surface area contributed by atoms with Gasteiger partial charge in [-0.3, -0.25) is 14.4 Å². The molecule has 0 aromatic heterocycles. The average molecular weight is 466 g/mol. The quantitative estimate of drug-likeness (QED) is 0.399. The van der Waals surface area contributed by atoms with E-state index in [9.17, 15) is 13.2 Å². The minimum absolute atomic E-state index is 0.114. The smallest absolute Gasteiger partial charge is 0.264 e. The summed E-state index contributed by atoms with van der Waals surface area (Å²) in [4.78, 5) is 12.2. The number of nitrogens with zero attached hydrogens (tertiary/aromatic N) is 1. The number of benzene rings is 3.